The van der Waals surface area contributed by atoms with E-state index < -0.39 is 26.6 Å². The molecule has 3 unspecified atom stereocenters. The Morgan fingerprint density at radius 2 is 0.772 bits per heavy atom. The van der Waals surface area contributed by atoms with Crippen LogP contribution in [0.1, 0.15) is 278 Å². The highest BCUT2D eigenvalue weighted by Crippen LogP contribution is 2.38. The average molecular weight is 1120 g/mol. The van der Waals surface area contributed by atoms with E-state index >= 15 is 0 Å². The first-order valence-corrected chi connectivity index (χ1v) is 34.0. The average Bonchev–Trinajstić information content (AvgIpc) is 3.41. The molecule has 1 amide bonds. The third-order valence-corrected chi connectivity index (χ3v) is 15.0. The predicted octanol–water partition coefficient (Wildman–Crippen LogP) is 19.7. The van der Waals surface area contributed by atoms with Crippen LogP contribution in [-0.4, -0.2) is 69.4 Å². The number of phosphoric ester groups is 1. The van der Waals surface area contributed by atoms with Gasteiger partial charge in [0, 0.05) is 12.8 Å². The lowest BCUT2D eigenvalue weighted by atomic mass is 10.0. The Bertz CT molecular complexity index is 1670. The zero-order valence-electron chi connectivity index (χ0n) is 52.1. The SMILES string of the molecule is CCCCC/C=C\C/C=C\C/C=C\C/C=C\CCCCCCCC(=O)NC(COP(=O)([O-])OCC[N+](C)(C)C)C(/C=C/CCCCCCCCCCCCC)OC(=O)CCCCCCCC/C=C\C/C=C\C/C=C\CCCCC. The second kappa shape index (κ2) is 58.1. The molecule has 79 heavy (non-hydrogen) atoms. The number of allylic oxidation sites excluding steroid dienone is 15. The van der Waals surface area contributed by atoms with Crippen LogP contribution in [0.25, 0.3) is 0 Å². The van der Waals surface area contributed by atoms with Gasteiger partial charge in [0.25, 0.3) is 7.82 Å². The number of amides is 1. The summed E-state index contributed by atoms with van der Waals surface area (Å²) in [6.07, 6.45) is 77.9. The molecule has 9 nitrogen and oxygen atoms in total. The van der Waals surface area contributed by atoms with E-state index in [0.29, 0.717) is 23.9 Å². The molecule has 1 N–H and O–H groups in total. The Morgan fingerprint density at radius 1 is 0.443 bits per heavy atom. The van der Waals surface area contributed by atoms with Gasteiger partial charge in [0.1, 0.15) is 19.3 Å². The highest BCUT2D eigenvalue weighted by Gasteiger charge is 2.27. The van der Waals surface area contributed by atoms with Gasteiger partial charge in [-0.25, -0.2) is 0 Å². The van der Waals surface area contributed by atoms with Gasteiger partial charge in [-0.15, -0.1) is 0 Å². The van der Waals surface area contributed by atoms with Gasteiger partial charge in [0.05, 0.1) is 33.8 Å². The maximum Gasteiger partial charge on any atom is 0.306 e. The smallest absolute Gasteiger partial charge is 0.306 e. The van der Waals surface area contributed by atoms with E-state index in [1.165, 1.54) is 109 Å². The van der Waals surface area contributed by atoms with Crippen molar-refractivity contribution in [3.63, 3.8) is 0 Å². The second-order valence-corrected chi connectivity index (χ2v) is 24.3. The molecule has 0 aromatic heterocycles. The number of ether oxygens (including phenoxy) is 1. The lowest BCUT2D eigenvalue weighted by Gasteiger charge is -2.30. The monoisotopic (exact) mass is 1120 g/mol. The Morgan fingerprint density at radius 3 is 1.18 bits per heavy atom. The highest BCUT2D eigenvalue weighted by molar-refractivity contribution is 7.45. The van der Waals surface area contributed by atoms with Crippen LogP contribution < -0.4 is 10.2 Å². The summed E-state index contributed by atoms with van der Waals surface area (Å²) in [5, 5.41) is 3.02. The van der Waals surface area contributed by atoms with Gasteiger partial charge < -0.3 is 28.5 Å². The molecule has 0 aliphatic rings. The first kappa shape index (κ1) is 75.9. The van der Waals surface area contributed by atoms with Crippen LogP contribution in [0.4, 0.5) is 0 Å². The number of rotatable bonds is 58. The van der Waals surface area contributed by atoms with Crippen LogP contribution in [0.15, 0.2) is 97.2 Å². The van der Waals surface area contributed by atoms with Gasteiger partial charge in [-0.3, -0.25) is 14.2 Å². The van der Waals surface area contributed by atoms with Gasteiger partial charge in [0.2, 0.25) is 5.91 Å². The van der Waals surface area contributed by atoms with Crippen molar-refractivity contribution < 1.29 is 37.3 Å². The van der Waals surface area contributed by atoms with Crippen molar-refractivity contribution in [3.8, 4) is 0 Å². The van der Waals surface area contributed by atoms with Crippen molar-refractivity contribution in [2.24, 2.45) is 0 Å². The number of carbonyl (C=O) groups excluding carboxylic acids is 2. The Labute approximate surface area is 488 Å². The van der Waals surface area contributed by atoms with Crippen molar-refractivity contribution in [2.45, 2.75) is 290 Å². The third-order valence-electron chi connectivity index (χ3n) is 14.0. The minimum Gasteiger partial charge on any atom is -0.756 e. The molecule has 0 bridgehead atoms. The molecule has 3 atom stereocenters. The van der Waals surface area contributed by atoms with E-state index in [4.69, 9.17) is 13.8 Å². The van der Waals surface area contributed by atoms with Crippen LogP contribution in [0.5, 0.6) is 0 Å². The van der Waals surface area contributed by atoms with Gasteiger partial charge in [0.15, 0.2) is 0 Å². The van der Waals surface area contributed by atoms with Crippen molar-refractivity contribution in [2.75, 3.05) is 40.9 Å². The van der Waals surface area contributed by atoms with Gasteiger partial charge in [-0.1, -0.05) is 247 Å². The second-order valence-electron chi connectivity index (χ2n) is 22.9. The fourth-order valence-corrected chi connectivity index (χ4v) is 9.65. The van der Waals surface area contributed by atoms with Crippen molar-refractivity contribution in [3.05, 3.63) is 97.2 Å². The lowest BCUT2D eigenvalue weighted by molar-refractivity contribution is -0.870. The molecule has 0 aromatic carbocycles. The Hall–Kier alpha value is -3.07. The summed E-state index contributed by atoms with van der Waals surface area (Å²) in [5.74, 6) is -0.577. The number of carbonyl (C=O) groups is 2. The van der Waals surface area contributed by atoms with Crippen LogP contribution >= 0.6 is 7.82 Å². The van der Waals surface area contributed by atoms with Gasteiger partial charge in [-0.05, 0) is 115 Å². The Kier molecular flexibility index (Phi) is 55.9. The minimum atomic E-state index is -4.72. The quantitative estimate of drug-likeness (QED) is 0.0212. The topological polar surface area (TPSA) is 114 Å². The zero-order chi connectivity index (χ0) is 57.9. The normalized spacial score (nSPS) is 14.3. The number of hydrogen-bond acceptors (Lipinski definition) is 7. The summed E-state index contributed by atoms with van der Waals surface area (Å²) in [5.41, 5.74) is 0. The molecule has 0 spiro atoms. The molecule has 0 rings (SSSR count). The zero-order valence-corrected chi connectivity index (χ0v) is 52.9. The summed E-state index contributed by atoms with van der Waals surface area (Å²) in [4.78, 5) is 40.1. The number of phosphoric acid groups is 1. The van der Waals surface area contributed by atoms with Crippen LogP contribution in [-0.2, 0) is 27.9 Å². The maximum atomic E-state index is 13.6. The van der Waals surface area contributed by atoms with Crippen LogP contribution in [0.2, 0.25) is 0 Å². The molecule has 0 saturated heterocycles. The number of hydrogen-bond donors (Lipinski definition) is 1. The molecular formula is C69H123N2O7P. The largest absolute Gasteiger partial charge is 0.756 e. The molecule has 10 heteroatoms. The summed E-state index contributed by atoms with van der Waals surface area (Å²) < 4.78 is 30.4. The molecule has 0 aromatic rings. The van der Waals surface area contributed by atoms with E-state index in [9.17, 15) is 19.0 Å². The fourth-order valence-electron chi connectivity index (χ4n) is 8.92. The minimum absolute atomic E-state index is 0.0330. The lowest BCUT2D eigenvalue weighted by Crippen LogP contribution is -2.47. The third kappa shape index (κ3) is 59.4. The van der Waals surface area contributed by atoms with Crippen molar-refractivity contribution in [1.82, 2.24) is 5.32 Å². The molecule has 0 heterocycles. The number of esters is 1. The van der Waals surface area contributed by atoms with Gasteiger partial charge in [-0.2, -0.15) is 0 Å². The maximum absolute atomic E-state index is 13.6. The summed E-state index contributed by atoms with van der Waals surface area (Å²) >= 11 is 0. The standard InChI is InChI=1S/C69H123N2O7P/c1-7-10-13-16-19-22-25-28-30-32-34-35-37-38-40-43-46-49-52-55-58-61-68(72)70-66(65-77-79(74,75)76-64-63-71(4,5)6)67(60-57-54-51-48-45-42-27-24-21-18-15-12-9-3)78-69(73)62-59-56-53-50-47-44-41-39-36-33-31-29-26-23-20-17-14-11-8-2/h19-20,22-23,28-31,34-36,38-40,57,60,66-67H,7-18,21,24-27,32-33,37,41-56,58-59,61-65H2,1-6H3,(H-,70,72,74,75)/b22-19-,23-20-,30-28-,31-29-,35-34-,39-36-,40-38-,60-57+. The molecular weight excluding hydrogens is 1000 g/mol. The van der Waals surface area contributed by atoms with E-state index in [-0.39, 0.29) is 31.3 Å². The fraction of sp³-hybridized carbons (Fsp3) is 0.739. The Balaban J connectivity index is 5.32. The predicted molar refractivity (Wildman–Crippen MR) is 339 cm³/mol. The number of quaternary nitrogens is 1. The number of nitrogens with one attached hydrogen (secondary N) is 1. The summed E-state index contributed by atoms with van der Waals surface area (Å²) in [6, 6.07) is -0.910. The van der Waals surface area contributed by atoms with E-state index in [2.05, 4.69) is 111 Å². The first-order chi connectivity index (χ1) is 38.4. The molecule has 456 valence electrons. The first-order valence-electron chi connectivity index (χ1n) is 32.5. The van der Waals surface area contributed by atoms with Crippen LogP contribution in [0.3, 0.4) is 0 Å². The molecule has 0 fully saturated rings. The van der Waals surface area contributed by atoms with Gasteiger partial charge >= 0.3 is 5.97 Å². The van der Waals surface area contributed by atoms with Crippen LogP contribution in [0, 0.1) is 0 Å². The van der Waals surface area contributed by atoms with E-state index in [0.717, 1.165) is 122 Å². The molecule has 0 saturated carbocycles. The molecule has 0 aliphatic heterocycles. The highest BCUT2D eigenvalue weighted by atomic mass is 31.2. The van der Waals surface area contributed by atoms with E-state index in [1.54, 1.807) is 0 Å². The number of nitrogens with zero attached hydrogens (tertiary/aromatic N) is 1. The van der Waals surface area contributed by atoms with Crippen molar-refractivity contribution >= 4 is 19.7 Å². The molecule has 0 radical (unpaired) electrons. The van der Waals surface area contributed by atoms with E-state index in [1.807, 2.05) is 33.3 Å². The molecule has 0 aliphatic carbocycles. The number of unbranched alkanes of at least 4 members (excludes halogenated alkanes) is 28. The number of likely N-dealkylation sites (N-methyl/N-ethyl adjacent to an activating group) is 1. The summed E-state index contributed by atoms with van der Waals surface area (Å²) in [7, 11) is 1.15. The summed E-state index contributed by atoms with van der Waals surface area (Å²) in [6.45, 7) is 6.77. The van der Waals surface area contributed by atoms with Crippen molar-refractivity contribution in [1.29, 1.82) is 0 Å².